The van der Waals surface area contributed by atoms with Crippen molar-refractivity contribution in [1.29, 1.82) is 0 Å². The third kappa shape index (κ3) is 3.34. The summed E-state index contributed by atoms with van der Waals surface area (Å²) in [5, 5.41) is 10.5. The molecule has 0 aromatic heterocycles. The first-order valence-electron chi connectivity index (χ1n) is 3.33. The summed E-state index contributed by atoms with van der Waals surface area (Å²) in [4.78, 5) is 21.1. The van der Waals surface area contributed by atoms with Crippen LogP contribution in [-0.2, 0) is 4.79 Å². The summed E-state index contributed by atoms with van der Waals surface area (Å²) in [6.45, 7) is 0. The fourth-order valence-electron chi connectivity index (χ4n) is 0.835. The molecule has 0 aliphatic heterocycles. The molecule has 0 amide bonds. The maximum atomic E-state index is 10.9. The number of hydrogen-bond acceptors (Lipinski definition) is 4. The molecule has 1 rings (SSSR count). The normalized spacial score (nSPS) is 8.93. The summed E-state index contributed by atoms with van der Waals surface area (Å²) >= 11 is 5.54. The van der Waals surface area contributed by atoms with Gasteiger partial charge in [-0.2, -0.15) is 0 Å². The Hall–Kier alpha value is 0.0864. The van der Waals surface area contributed by atoms with Gasteiger partial charge in [-0.25, -0.2) is 0 Å². The number of aliphatic carboxylic acids is 1. The molecule has 0 aliphatic carbocycles. The van der Waals surface area contributed by atoms with E-state index in [-0.39, 0.29) is 67.7 Å². The van der Waals surface area contributed by atoms with Gasteiger partial charge in [-0.1, -0.05) is 11.6 Å². The van der Waals surface area contributed by atoms with Gasteiger partial charge in [0.25, 0.3) is 0 Å². The molecule has 2 N–H and O–H groups in total. The van der Waals surface area contributed by atoms with Gasteiger partial charge in [0.15, 0.2) is 0 Å². The number of Topliss-reactive ketones (excluding diaryl/α,β-unsaturated/α-hetero) is 1. The smallest absolute Gasteiger partial charge is 0.541 e. The molecule has 0 radical (unpaired) electrons. The predicted molar refractivity (Wildman–Crippen MR) is 45.2 cm³/mol. The van der Waals surface area contributed by atoms with Gasteiger partial charge in [0, 0.05) is 16.3 Å². The molecule has 0 aliphatic rings. The average molecular weight is 238 g/mol. The van der Waals surface area contributed by atoms with Gasteiger partial charge >= 0.3 is 51.4 Å². The molecular weight excluding hydrogens is 233 g/mol. The molecule has 14 heavy (non-hydrogen) atoms. The second kappa shape index (κ2) is 5.84. The van der Waals surface area contributed by atoms with Crippen LogP contribution in [0.15, 0.2) is 18.2 Å². The minimum absolute atomic E-state index is 0. The van der Waals surface area contributed by atoms with Crippen LogP contribution in [0.3, 0.4) is 0 Å². The number of ketones is 1. The van der Waals surface area contributed by atoms with Crippen LogP contribution in [-0.4, -0.2) is 11.8 Å². The molecule has 0 spiro atoms. The van der Waals surface area contributed by atoms with Crippen molar-refractivity contribution in [3.05, 3.63) is 28.8 Å². The Morgan fingerprint density at radius 2 is 1.93 bits per heavy atom. The SMILES string of the molecule is Nc1ccc(Cl)cc1C(=O)C(=O)[O-].[K+]. The van der Waals surface area contributed by atoms with Crippen LogP contribution in [0.2, 0.25) is 5.02 Å². The zero-order valence-electron chi connectivity index (χ0n) is 7.41. The number of benzene rings is 1. The Kier molecular flexibility index (Phi) is 5.88. The maximum Gasteiger partial charge on any atom is 1.00 e. The molecule has 0 fully saturated rings. The van der Waals surface area contributed by atoms with E-state index in [1.54, 1.807) is 0 Å². The van der Waals surface area contributed by atoms with Crippen molar-refractivity contribution in [2.75, 3.05) is 5.73 Å². The first-order valence-corrected chi connectivity index (χ1v) is 3.71. The third-order valence-corrected chi connectivity index (χ3v) is 1.68. The largest absolute Gasteiger partial charge is 1.00 e. The van der Waals surface area contributed by atoms with Gasteiger partial charge in [-0.3, -0.25) is 4.79 Å². The third-order valence-electron chi connectivity index (χ3n) is 1.45. The number of halogens is 1. The zero-order valence-corrected chi connectivity index (χ0v) is 11.3. The van der Waals surface area contributed by atoms with E-state index in [4.69, 9.17) is 17.3 Å². The maximum absolute atomic E-state index is 10.9. The van der Waals surface area contributed by atoms with Crippen LogP contribution in [0.25, 0.3) is 0 Å². The summed E-state index contributed by atoms with van der Waals surface area (Å²) in [5.74, 6) is -2.96. The van der Waals surface area contributed by atoms with Gasteiger partial charge in [-0.15, -0.1) is 0 Å². The average Bonchev–Trinajstić information content (AvgIpc) is 2.08. The molecule has 4 nitrogen and oxygen atoms in total. The van der Waals surface area contributed by atoms with E-state index in [9.17, 15) is 14.7 Å². The summed E-state index contributed by atoms with van der Waals surface area (Å²) in [6.07, 6.45) is 0. The molecule has 6 heteroatoms. The number of carboxylic acids is 1. The minimum Gasteiger partial charge on any atom is -0.541 e. The van der Waals surface area contributed by atoms with Crippen molar-refractivity contribution in [3.8, 4) is 0 Å². The molecule has 1 aromatic rings. The fraction of sp³-hybridized carbons (Fsp3) is 0. The molecular formula is C8H5ClKNO3. The van der Waals surface area contributed by atoms with Crippen molar-refractivity contribution in [2.24, 2.45) is 0 Å². The Morgan fingerprint density at radius 3 is 2.43 bits per heavy atom. The Labute approximate surface area is 128 Å². The molecule has 0 saturated heterocycles. The summed E-state index contributed by atoms with van der Waals surface area (Å²) in [5.41, 5.74) is 5.28. The van der Waals surface area contributed by atoms with E-state index in [0.717, 1.165) is 0 Å². The number of carbonyl (C=O) groups excluding carboxylic acids is 2. The number of carbonyl (C=O) groups is 2. The van der Waals surface area contributed by atoms with Gasteiger partial charge in [-0.05, 0) is 18.2 Å². The number of anilines is 1. The van der Waals surface area contributed by atoms with E-state index >= 15 is 0 Å². The second-order valence-electron chi connectivity index (χ2n) is 2.35. The number of rotatable bonds is 2. The van der Waals surface area contributed by atoms with Gasteiger partial charge in [0.2, 0.25) is 5.78 Å². The van der Waals surface area contributed by atoms with E-state index in [1.807, 2.05) is 0 Å². The summed E-state index contributed by atoms with van der Waals surface area (Å²) in [7, 11) is 0. The van der Waals surface area contributed by atoms with Crippen molar-refractivity contribution in [1.82, 2.24) is 0 Å². The van der Waals surface area contributed by atoms with E-state index in [2.05, 4.69) is 0 Å². The molecule has 0 saturated carbocycles. The standard InChI is InChI=1S/C8H6ClNO3.K/c9-4-1-2-6(10)5(3-4)7(11)8(12)13;/h1-3H,10H2,(H,12,13);/q;+1/p-1. The van der Waals surface area contributed by atoms with Crippen LogP contribution in [0.1, 0.15) is 10.4 Å². The Balaban J connectivity index is 0.00000169. The van der Waals surface area contributed by atoms with Crippen molar-refractivity contribution >= 4 is 29.0 Å². The fourth-order valence-corrected chi connectivity index (χ4v) is 1.01. The zero-order chi connectivity index (χ0) is 10.0. The van der Waals surface area contributed by atoms with Crippen molar-refractivity contribution in [2.45, 2.75) is 0 Å². The number of hydrogen-bond donors (Lipinski definition) is 1. The molecule has 0 atom stereocenters. The van der Waals surface area contributed by atoms with Crippen LogP contribution in [0.4, 0.5) is 5.69 Å². The van der Waals surface area contributed by atoms with E-state index in [1.165, 1.54) is 18.2 Å². The minimum atomic E-state index is -1.80. The monoisotopic (exact) mass is 237 g/mol. The van der Waals surface area contributed by atoms with Crippen LogP contribution in [0, 0.1) is 0 Å². The quantitative estimate of drug-likeness (QED) is 0.255. The van der Waals surface area contributed by atoms with E-state index in [0.29, 0.717) is 0 Å². The second-order valence-corrected chi connectivity index (χ2v) is 2.78. The van der Waals surface area contributed by atoms with Gasteiger partial charge < -0.3 is 15.6 Å². The first kappa shape index (κ1) is 14.1. The molecule has 0 bridgehead atoms. The summed E-state index contributed by atoms with van der Waals surface area (Å²) < 4.78 is 0. The number of carboxylic acid groups (broad SMARTS) is 1. The summed E-state index contributed by atoms with van der Waals surface area (Å²) in [6, 6.07) is 4.01. The topological polar surface area (TPSA) is 83.2 Å². The van der Waals surface area contributed by atoms with Crippen LogP contribution in [0.5, 0.6) is 0 Å². The van der Waals surface area contributed by atoms with Crippen molar-refractivity contribution < 1.29 is 66.1 Å². The number of nitrogens with two attached hydrogens (primary N) is 1. The Morgan fingerprint density at radius 1 is 1.36 bits per heavy atom. The first-order chi connectivity index (χ1) is 6.02. The van der Waals surface area contributed by atoms with Crippen molar-refractivity contribution in [3.63, 3.8) is 0 Å². The number of nitrogen functional groups attached to an aromatic ring is 1. The van der Waals surface area contributed by atoms with Gasteiger partial charge in [0.1, 0.15) is 5.97 Å². The van der Waals surface area contributed by atoms with Crippen LogP contribution >= 0.6 is 11.6 Å². The molecule has 1 aromatic carbocycles. The molecule has 0 unspecified atom stereocenters. The molecule has 0 heterocycles. The molecule has 68 valence electrons. The van der Waals surface area contributed by atoms with Gasteiger partial charge in [0.05, 0.1) is 0 Å². The van der Waals surface area contributed by atoms with Crippen LogP contribution < -0.4 is 62.2 Å². The predicted octanol–water partition coefficient (Wildman–Crippen LogP) is -3.14. The van der Waals surface area contributed by atoms with E-state index < -0.39 is 11.8 Å². The Bertz CT molecular complexity index is 381.